The highest BCUT2D eigenvalue weighted by molar-refractivity contribution is 6.02. The maximum atomic E-state index is 11.1. The summed E-state index contributed by atoms with van der Waals surface area (Å²) in [5.74, 6) is 0.522. The number of nitrogens with one attached hydrogen (secondary N) is 1. The Kier molecular flexibility index (Phi) is 2.65. The van der Waals surface area contributed by atoms with E-state index in [2.05, 4.69) is 15.3 Å². The van der Waals surface area contributed by atoms with Gasteiger partial charge in [-0.15, -0.1) is 0 Å². The van der Waals surface area contributed by atoms with Gasteiger partial charge in [0.1, 0.15) is 17.8 Å². The molecule has 72 valence electrons. The van der Waals surface area contributed by atoms with E-state index in [9.17, 15) is 4.79 Å². The number of carbonyl (C=O) groups excluding carboxylic acids is 1. The van der Waals surface area contributed by atoms with Crippen LogP contribution >= 0.6 is 0 Å². The van der Waals surface area contributed by atoms with Gasteiger partial charge in [-0.1, -0.05) is 0 Å². The standard InChI is InChI=1S/C8H13N3O2/c1-8(2,3)13-7(12)11-6-4-9-5-10-6/h5H,4H2,1-3H3,(H,9,10,11,12). The van der Waals surface area contributed by atoms with Gasteiger partial charge in [0.15, 0.2) is 0 Å². The fourth-order valence-corrected chi connectivity index (χ4v) is 0.772. The average molecular weight is 183 g/mol. The Bertz CT molecular complexity index is 263. The van der Waals surface area contributed by atoms with Crippen molar-refractivity contribution in [1.82, 2.24) is 5.32 Å². The van der Waals surface area contributed by atoms with Gasteiger partial charge in [-0.05, 0) is 20.8 Å². The third-order valence-electron chi connectivity index (χ3n) is 1.18. The summed E-state index contributed by atoms with van der Waals surface area (Å²) in [7, 11) is 0. The highest BCUT2D eigenvalue weighted by atomic mass is 16.6. The monoisotopic (exact) mass is 183 g/mol. The van der Waals surface area contributed by atoms with Gasteiger partial charge in [0, 0.05) is 0 Å². The lowest BCUT2D eigenvalue weighted by Crippen LogP contribution is -2.36. The topological polar surface area (TPSA) is 63.0 Å². The Morgan fingerprint density at radius 1 is 1.62 bits per heavy atom. The molecule has 0 aromatic rings. The van der Waals surface area contributed by atoms with Crippen LogP contribution in [0.5, 0.6) is 0 Å². The lowest BCUT2D eigenvalue weighted by Gasteiger charge is -2.19. The number of alkyl carbamates (subject to hydrolysis) is 1. The zero-order chi connectivity index (χ0) is 9.90. The summed E-state index contributed by atoms with van der Waals surface area (Å²) in [6.07, 6.45) is 0.920. The molecule has 0 atom stereocenters. The summed E-state index contributed by atoms with van der Waals surface area (Å²) in [6.45, 7) is 5.83. The number of aliphatic imine (C=N–C) groups is 2. The molecule has 5 heteroatoms. The van der Waals surface area contributed by atoms with E-state index in [0.717, 1.165) is 0 Å². The van der Waals surface area contributed by atoms with Crippen molar-refractivity contribution in [2.24, 2.45) is 9.98 Å². The molecule has 5 nitrogen and oxygen atoms in total. The van der Waals surface area contributed by atoms with Crippen LogP contribution < -0.4 is 5.32 Å². The molecule has 0 saturated carbocycles. The first kappa shape index (κ1) is 9.70. The first-order valence-electron chi connectivity index (χ1n) is 4.02. The van der Waals surface area contributed by atoms with Gasteiger partial charge in [-0.25, -0.2) is 9.79 Å². The fourth-order valence-electron chi connectivity index (χ4n) is 0.772. The SMILES string of the molecule is CC(C)(C)OC(=O)NC1=NC=NC1. The van der Waals surface area contributed by atoms with E-state index in [1.807, 2.05) is 0 Å². The van der Waals surface area contributed by atoms with E-state index in [0.29, 0.717) is 12.4 Å². The second kappa shape index (κ2) is 3.55. The minimum absolute atomic E-state index is 0.416. The van der Waals surface area contributed by atoms with Crippen LogP contribution in [0.25, 0.3) is 0 Å². The Morgan fingerprint density at radius 2 is 2.31 bits per heavy atom. The molecule has 0 aromatic carbocycles. The highest BCUT2D eigenvalue weighted by Gasteiger charge is 2.17. The number of rotatable bonds is 0. The summed E-state index contributed by atoms with van der Waals surface area (Å²) in [5.41, 5.74) is -0.482. The van der Waals surface area contributed by atoms with E-state index in [1.165, 1.54) is 6.34 Å². The summed E-state index contributed by atoms with van der Waals surface area (Å²) in [4.78, 5) is 18.8. The zero-order valence-corrected chi connectivity index (χ0v) is 8.00. The Morgan fingerprint density at radius 3 is 2.77 bits per heavy atom. The Labute approximate surface area is 76.9 Å². The molecule has 1 aliphatic rings. The van der Waals surface area contributed by atoms with Crippen molar-refractivity contribution in [1.29, 1.82) is 0 Å². The number of ether oxygens (including phenoxy) is 1. The van der Waals surface area contributed by atoms with Crippen molar-refractivity contribution in [3.8, 4) is 0 Å². The molecule has 0 bridgehead atoms. The lowest BCUT2D eigenvalue weighted by molar-refractivity contribution is 0.0563. The molecule has 1 rings (SSSR count). The number of amides is 1. The molecule has 0 unspecified atom stereocenters. The molecule has 0 aromatic heterocycles. The molecular weight excluding hydrogens is 170 g/mol. The summed E-state index contributed by atoms with van der Waals surface area (Å²) >= 11 is 0. The summed E-state index contributed by atoms with van der Waals surface area (Å²) in [6, 6.07) is 0. The maximum absolute atomic E-state index is 11.1. The van der Waals surface area contributed by atoms with Crippen LogP contribution in [0.2, 0.25) is 0 Å². The summed E-state index contributed by atoms with van der Waals surface area (Å²) < 4.78 is 5.01. The van der Waals surface area contributed by atoms with Crippen molar-refractivity contribution in [3.63, 3.8) is 0 Å². The maximum Gasteiger partial charge on any atom is 0.413 e. The first-order valence-corrected chi connectivity index (χ1v) is 4.02. The fraction of sp³-hybridized carbons (Fsp3) is 0.625. The van der Waals surface area contributed by atoms with Crippen molar-refractivity contribution in [3.05, 3.63) is 0 Å². The minimum Gasteiger partial charge on any atom is -0.444 e. The van der Waals surface area contributed by atoms with E-state index in [4.69, 9.17) is 4.74 Å². The molecule has 0 radical (unpaired) electrons. The number of amidine groups is 1. The summed E-state index contributed by atoms with van der Waals surface area (Å²) in [5, 5.41) is 2.50. The van der Waals surface area contributed by atoms with Gasteiger partial charge in [0.2, 0.25) is 0 Å². The highest BCUT2D eigenvalue weighted by Crippen LogP contribution is 2.06. The van der Waals surface area contributed by atoms with E-state index in [1.54, 1.807) is 20.8 Å². The second-order valence-electron chi connectivity index (χ2n) is 3.66. The van der Waals surface area contributed by atoms with E-state index < -0.39 is 11.7 Å². The predicted octanol–water partition coefficient (Wildman–Crippen LogP) is 0.952. The zero-order valence-electron chi connectivity index (χ0n) is 8.00. The molecule has 0 aliphatic carbocycles. The molecule has 1 aliphatic heterocycles. The molecular formula is C8H13N3O2. The first-order chi connectivity index (χ1) is 5.97. The molecule has 0 fully saturated rings. The molecule has 0 spiro atoms. The molecule has 13 heavy (non-hydrogen) atoms. The van der Waals surface area contributed by atoms with Crippen molar-refractivity contribution in [2.75, 3.05) is 6.54 Å². The predicted molar refractivity (Wildman–Crippen MR) is 50.2 cm³/mol. The number of hydrogen-bond donors (Lipinski definition) is 1. The van der Waals surface area contributed by atoms with Gasteiger partial charge in [-0.2, -0.15) is 0 Å². The van der Waals surface area contributed by atoms with Gasteiger partial charge in [-0.3, -0.25) is 10.3 Å². The van der Waals surface area contributed by atoms with Gasteiger partial charge >= 0.3 is 6.09 Å². The van der Waals surface area contributed by atoms with E-state index >= 15 is 0 Å². The number of hydrogen-bond acceptors (Lipinski definition) is 4. The molecule has 1 heterocycles. The van der Waals surface area contributed by atoms with Crippen molar-refractivity contribution >= 4 is 18.3 Å². The quantitative estimate of drug-likeness (QED) is 0.607. The smallest absolute Gasteiger partial charge is 0.413 e. The van der Waals surface area contributed by atoms with Gasteiger partial charge in [0.25, 0.3) is 0 Å². The van der Waals surface area contributed by atoms with Gasteiger partial charge in [0.05, 0.1) is 6.54 Å². The van der Waals surface area contributed by atoms with Gasteiger partial charge < -0.3 is 4.74 Å². The second-order valence-corrected chi connectivity index (χ2v) is 3.66. The Balaban J connectivity index is 2.34. The minimum atomic E-state index is -0.489. The van der Waals surface area contributed by atoms with Crippen LogP contribution in [0, 0.1) is 0 Å². The lowest BCUT2D eigenvalue weighted by atomic mass is 10.2. The van der Waals surface area contributed by atoms with Crippen molar-refractivity contribution in [2.45, 2.75) is 26.4 Å². The van der Waals surface area contributed by atoms with Crippen LogP contribution in [-0.2, 0) is 4.74 Å². The number of carbonyl (C=O) groups is 1. The van der Waals surface area contributed by atoms with Crippen LogP contribution in [0.15, 0.2) is 9.98 Å². The normalized spacial score (nSPS) is 15.5. The van der Waals surface area contributed by atoms with Crippen molar-refractivity contribution < 1.29 is 9.53 Å². The largest absolute Gasteiger partial charge is 0.444 e. The molecule has 1 amide bonds. The molecule has 1 N–H and O–H groups in total. The van der Waals surface area contributed by atoms with E-state index in [-0.39, 0.29) is 0 Å². The molecule has 0 saturated heterocycles. The average Bonchev–Trinajstić information content (AvgIpc) is 2.34. The van der Waals surface area contributed by atoms with Crippen LogP contribution in [-0.4, -0.2) is 30.4 Å². The van der Waals surface area contributed by atoms with Crippen LogP contribution in [0.4, 0.5) is 4.79 Å². The van der Waals surface area contributed by atoms with Crippen LogP contribution in [0.3, 0.4) is 0 Å². The Hall–Kier alpha value is -1.39. The number of nitrogens with zero attached hydrogens (tertiary/aromatic N) is 2. The van der Waals surface area contributed by atoms with Crippen LogP contribution in [0.1, 0.15) is 20.8 Å². The third kappa shape index (κ3) is 3.68. The third-order valence-corrected chi connectivity index (χ3v) is 1.18.